The molecule has 1 aromatic rings. The molecule has 1 saturated heterocycles. The van der Waals surface area contributed by atoms with Gasteiger partial charge >= 0.3 is 0 Å². The smallest absolute Gasteiger partial charge is 0.218 e. The first-order chi connectivity index (χ1) is 9.01. The van der Waals surface area contributed by atoms with E-state index in [9.17, 15) is 12.8 Å². The lowest BCUT2D eigenvalue weighted by atomic mass is 10.1. The normalized spacial score (nSPS) is 21.5. The molecule has 1 fully saturated rings. The van der Waals surface area contributed by atoms with Crippen molar-refractivity contribution in [2.75, 3.05) is 20.1 Å². The Labute approximate surface area is 113 Å². The molecule has 1 atom stereocenters. The van der Waals surface area contributed by atoms with Crippen LogP contribution >= 0.6 is 0 Å². The lowest BCUT2D eigenvalue weighted by Crippen LogP contribution is -2.47. The van der Waals surface area contributed by atoms with Crippen molar-refractivity contribution in [2.24, 2.45) is 0 Å². The predicted octanol–water partition coefficient (Wildman–Crippen LogP) is 1.34. The number of halogens is 1. The summed E-state index contributed by atoms with van der Waals surface area (Å²) in [6.45, 7) is 1.09. The summed E-state index contributed by atoms with van der Waals surface area (Å²) in [4.78, 5) is 0. The molecule has 2 rings (SSSR count). The Hall–Kier alpha value is -0.980. The Balaban J connectivity index is 2.07. The van der Waals surface area contributed by atoms with E-state index < -0.39 is 10.0 Å². The van der Waals surface area contributed by atoms with Crippen LogP contribution in [-0.2, 0) is 15.8 Å². The molecule has 1 aromatic carbocycles. The Morgan fingerprint density at radius 3 is 2.68 bits per heavy atom. The molecule has 1 aliphatic rings. The molecule has 0 spiro atoms. The fourth-order valence-corrected chi connectivity index (χ4v) is 3.92. The first-order valence-electron chi connectivity index (χ1n) is 6.41. The van der Waals surface area contributed by atoms with Crippen LogP contribution in [0.2, 0.25) is 0 Å². The molecule has 0 bridgehead atoms. The van der Waals surface area contributed by atoms with Gasteiger partial charge in [0, 0.05) is 19.1 Å². The van der Waals surface area contributed by atoms with Crippen LogP contribution in [0.5, 0.6) is 0 Å². The number of rotatable bonds is 4. The molecule has 0 aliphatic carbocycles. The number of piperidine rings is 1. The van der Waals surface area contributed by atoms with E-state index in [2.05, 4.69) is 5.32 Å². The second kappa shape index (κ2) is 5.98. The molecule has 1 heterocycles. The van der Waals surface area contributed by atoms with Crippen molar-refractivity contribution in [3.8, 4) is 0 Å². The zero-order valence-electron chi connectivity index (χ0n) is 11.0. The lowest BCUT2D eigenvalue weighted by Gasteiger charge is -2.31. The van der Waals surface area contributed by atoms with E-state index >= 15 is 0 Å². The van der Waals surface area contributed by atoms with Gasteiger partial charge in [-0.05, 0) is 37.6 Å². The lowest BCUT2D eigenvalue weighted by molar-refractivity contribution is 0.292. The second-order valence-electron chi connectivity index (χ2n) is 4.87. The van der Waals surface area contributed by atoms with Crippen molar-refractivity contribution in [1.29, 1.82) is 0 Å². The molecule has 0 radical (unpaired) electrons. The molecule has 0 amide bonds. The van der Waals surface area contributed by atoms with E-state index in [4.69, 9.17) is 0 Å². The number of nitrogens with one attached hydrogen (secondary N) is 1. The fourth-order valence-electron chi connectivity index (χ4n) is 2.31. The Morgan fingerprint density at radius 1 is 1.37 bits per heavy atom. The molecular weight excluding hydrogens is 267 g/mol. The van der Waals surface area contributed by atoms with Gasteiger partial charge in [-0.2, -0.15) is 0 Å². The number of hydrogen-bond donors (Lipinski definition) is 1. The average Bonchev–Trinajstić information content (AvgIpc) is 2.41. The van der Waals surface area contributed by atoms with Gasteiger partial charge in [0.2, 0.25) is 10.0 Å². The highest BCUT2D eigenvalue weighted by Gasteiger charge is 2.28. The van der Waals surface area contributed by atoms with Crippen LogP contribution in [0, 0.1) is 5.82 Å². The molecule has 106 valence electrons. The van der Waals surface area contributed by atoms with Gasteiger partial charge in [-0.25, -0.2) is 17.1 Å². The monoisotopic (exact) mass is 286 g/mol. The summed E-state index contributed by atoms with van der Waals surface area (Å²) in [5, 5.41) is 3.12. The summed E-state index contributed by atoms with van der Waals surface area (Å²) >= 11 is 0. The van der Waals surface area contributed by atoms with Crippen LogP contribution in [0.3, 0.4) is 0 Å². The van der Waals surface area contributed by atoms with E-state index in [0.717, 1.165) is 12.8 Å². The van der Waals surface area contributed by atoms with Crippen LogP contribution in [0.4, 0.5) is 4.39 Å². The number of nitrogens with zero attached hydrogens (tertiary/aromatic N) is 1. The van der Waals surface area contributed by atoms with Crippen LogP contribution in [0.25, 0.3) is 0 Å². The number of sulfonamides is 1. The van der Waals surface area contributed by atoms with Crippen molar-refractivity contribution in [3.05, 3.63) is 35.6 Å². The van der Waals surface area contributed by atoms with Gasteiger partial charge in [0.15, 0.2) is 0 Å². The molecule has 4 nitrogen and oxygen atoms in total. The van der Waals surface area contributed by atoms with E-state index in [1.165, 1.54) is 28.6 Å². The summed E-state index contributed by atoms with van der Waals surface area (Å²) in [6, 6.07) is 5.84. The Morgan fingerprint density at radius 2 is 2.05 bits per heavy atom. The highest BCUT2D eigenvalue weighted by molar-refractivity contribution is 7.88. The highest BCUT2D eigenvalue weighted by atomic mass is 32.2. The molecule has 1 N–H and O–H groups in total. The third kappa shape index (κ3) is 3.75. The zero-order chi connectivity index (χ0) is 13.9. The Kier molecular flexibility index (Phi) is 4.54. The maximum Gasteiger partial charge on any atom is 0.218 e. The standard InChI is InChI=1S/C13H19FN2O2S/c1-15-13-3-2-8-16(9-13)19(17,18)10-11-4-6-12(14)7-5-11/h4-7,13,15H,2-3,8-10H2,1H3. The maximum absolute atomic E-state index is 12.8. The highest BCUT2D eigenvalue weighted by Crippen LogP contribution is 2.17. The summed E-state index contributed by atoms with van der Waals surface area (Å²) < 4.78 is 38.9. The van der Waals surface area contributed by atoms with Gasteiger partial charge < -0.3 is 5.32 Å². The topological polar surface area (TPSA) is 49.4 Å². The van der Waals surface area contributed by atoms with Gasteiger partial charge in [0.1, 0.15) is 5.82 Å². The quantitative estimate of drug-likeness (QED) is 0.908. The van der Waals surface area contributed by atoms with Crippen LogP contribution in [0.1, 0.15) is 18.4 Å². The minimum atomic E-state index is -3.32. The first kappa shape index (κ1) is 14.4. The molecular formula is C13H19FN2O2S. The number of likely N-dealkylation sites (N-methyl/N-ethyl adjacent to an activating group) is 1. The van der Waals surface area contributed by atoms with E-state index in [1.807, 2.05) is 7.05 Å². The minimum Gasteiger partial charge on any atom is -0.316 e. The molecule has 1 unspecified atom stereocenters. The van der Waals surface area contributed by atoms with Crippen molar-refractivity contribution in [3.63, 3.8) is 0 Å². The average molecular weight is 286 g/mol. The molecule has 0 saturated carbocycles. The summed E-state index contributed by atoms with van der Waals surface area (Å²) in [7, 11) is -1.47. The van der Waals surface area contributed by atoms with Gasteiger partial charge in [-0.1, -0.05) is 12.1 Å². The molecule has 6 heteroatoms. The first-order valence-corrected chi connectivity index (χ1v) is 8.02. The summed E-state index contributed by atoms with van der Waals surface area (Å²) in [5.74, 6) is -0.418. The molecule has 1 aliphatic heterocycles. The van der Waals surface area contributed by atoms with Gasteiger partial charge in [0.05, 0.1) is 5.75 Å². The van der Waals surface area contributed by atoms with E-state index in [1.54, 1.807) is 0 Å². The van der Waals surface area contributed by atoms with Gasteiger partial charge in [0.25, 0.3) is 0 Å². The second-order valence-corrected chi connectivity index (χ2v) is 6.84. The third-order valence-corrected chi connectivity index (χ3v) is 5.26. The molecule has 19 heavy (non-hydrogen) atoms. The predicted molar refractivity (Wildman–Crippen MR) is 72.7 cm³/mol. The van der Waals surface area contributed by atoms with Crippen molar-refractivity contribution in [2.45, 2.75) is 24.6 Å². The molecule has 0 aromatic heterocycles. The minimum absolute atomic E-state index is 0.0658. The summed E-state index contributed by atoms with van der Waals surface area (Å²) in [6.07, 6.45) is 1.87. The SMILES string of the molecule is CNC1CCCN(S(=O)(=O)Cc2ccc(F)cc2)C1. The van der Waals surface area contributed by atoms with Crippen molar-refractivity contribution in [1.82, 2.24) is 9.62 Å². The van der Waals surface area contributed by atoms with E-state index in [-0.39, 0.29) is 17.6 Å². The van der Waals surface area contributed by atoms with Crippen molar-refractivity contribution < 1.29 is 12.8 Å². The van der Waals surface area contributed by atoms with Crippen LogP contribution < -0.4 is 5.32 Å². The van der Waals surface area contributed by atoms with Crippen LogP contribution in [0.15, 0.2) is 24.3 Å². The van der Waals surface area contributed by atoms with E-state index in [0.29, 0.717) is 18.7 Å². The zero-order valence-corrected chi connectivity index (χ0v) is 11.8. The fraction of sp³-hybridized carbons (Fsp3) is 0.538. The van der Waals surface area contributed by atoms with Gasteiger partial charge in [-0.15, -0.1) is 0 Å². The number of hydrogen-bond acceptors (Lipinski definition) is 3. The Bertz CT molecular complexity index is 516. The van der Waals surface area contributed by atoms with Crippen LogP contribution in [-0.4, -0.2) is 38.9 Å². The number of benzene rings is 1. The largest absolute Gasteiger partial charge is 0.316 e. The summed E-state index contributed by atoms with van der Waals surface area (Å²) in [5.41, 5.74) is 0.619. The van der Waals surface area contributed by atoms with Crippen molar-refractivity contribution >= 4 is 10.0 Å². The van der Waals surface area contributed by atoms with Gasteiger partial charge in [-0.3, -0.25) is 0 Å². The maximum atomic E-state index is 12.8. The third-order valence-electron chi connectivity index (χ3n) is 3.45.